The number of piperidine rings is 1. The van der Waals surface area contributed by atoms with Gasteiger partial charge in [-0.15, -0.1) is 0 Å². The molecular weight excluding hydrogens is 515 g/mol. The van der Waals surface area contributed by atoms with Crippen molar-refractivity contribution in [2.45, 2.75) is 38.3 Å². The Hall–Kier alpha value is -4.11. The van der Waals surface area contributed by atoms with Gasteiger partial charge in [-0.1, -0.05) is 6.07 Å². The molecule has 1 saturated heterocycles. The van der Waals surface area contributed by atoms with E-state index >= 15 is 0 Å². The average molecular weight is 546 g/mol. The van der Waals surface area contributed by atoms with E-state index in [2.05, 4.69) is 25.2 Å². The van der Waals surface area contributed by atoms with Crippen LogP contribution in [0.1, 0.15) is 57.2 Å². The number of alkyl halides is 3. The summed E-state index contributed by atoms with van der Waals surface area (Å²) in [7, 11) is 1.96. The quantitative estimate of drug-likeness (QED) is 0.299. The van der Waals surface area contributed by atoms with Gasteiger partial charge in [-0.25, -0.2) is 9.97 Å². The van der Waals surface area contributed by atoms with Crippen LogP contribution in [0.2, 0.25) is 0 Å². The first-order valence-electron chi connectivity index (χ1n) is 13.2. The first-order valence-corrected chi connectivity index (χ1v) is 13.2. The molecule has 1 aliphatic heterocycles. The molecule has 0 saturated carbocycles. The predicted octanol–water partition coefficient (Wildman–Crippen LogP) is 6.52. The number of nitrogens with zero attached hydrogens (tertiary/aromatic N) is 4. The summed E-state index contributed by atoms with van der Waals surface area (Å²) in [5.41, 5.74) is 3.74. The summed E-state index contributed by atoms with van der Waals surface area (Å²) in [6.07, 6.45) is 2.70. The van der Waals surface area contributed by atoms with Crippen LogP contribution in [0, 0.1) is 6.92 Å². The number of pyridine rings is 1. The lowest BCUT2D eigenvalue weighted by Gasteiger charge is -2.30. The van der Waals surface area contributed by atoms with Crippen LogP contribution < -0.4 is 5.32 Å². The minimum atomic E-state index is -4.55. The van der Waals surface area contributed by atoms with Crippen molar-refractivity contribution in [3.63, 3.8) is 0 Å². The highest BCUT2D eigenvalue weighted by Crippen LogP contribution is 2.35. The minimum absolute atomic E-state index is 0.00678. The monoisotopic (exact) mass is 545 g/mol. The van der Waals surface area contributed by atoms with Gasteiger partial charge >= 0.3 is 6.18 Å². The molecule has 0 spiro atoms. The van der Waals surface area contributed by atoms with Crippen molar-refractivity contribution in [3.8, 4) is 11.3 Å². The zero-order chi connectivity index (χ0) is 28.3. The highest BCUT2D eigenvalue weighted by Gasteiger charge is 2.33. The lowest BCUT2D eigenvalue weighted by Crippen LogP contribution is -2.31. The van der Waals surface area contributed by atoms with Gasteiger partial charge < -0.3 is 10.2 Å². The molecule has 5 rings (SSSR count). The van der Waals surface area contributed by atoms with E-state index in [1.54, 1.807) is 30.7 Å². The second kappa shape index (κ2) is 11.6. The Morgan fingerprint density at radius 2 is 1.95 bits per heavy atom. The number of nitrogens with one attached hydrogen (secondary N) is 1. The molecule has 1 amide bonds. The number of carbonyl (C=O) groups excluding carboxylic acids is 1. The molecule has 4 aromatic rings. The third-order valence-corrected chi connectivity index (χ3v) is 7.26. The van der Waals surface area contributed by atoms with Crippen LogP contribution >= 0.6 is 0 Å². The lowest BCUT2D eigenvalue weighted by molar-refractivity contribution is -0.137. The molecule has 0 aliphatic carbocycles. The summed E-state index contributed by atoms with van der Waals surface area (Å²) in [5.74, 6) is -0.0324. The van der Waals surface area contributed by atoms with Crippen molar-refractivity contribution in [3.05, 3.63) is 107 Å². The molecule has 1 N–H and O–H groups in total. The van der Waals surface area contributed by atoms with Crippen molar-refractivity contribution in [1.29, 1.82) is 0 Å². The Labute approximate surface area is 231 Å². The number of carbonyl (C=O) groups is 1. The summed E-state index contributed by atoms with van der Waals surface area (Å²) < 4.78 is 41.3. The van der Waals surface area contributed by atoms with Crippen molar-refractivity contribution >= 4 is 11.6 Å². The minimum Gasteiger partial charge on any atom is -0.322 e. The first-order chi connectivity index (χ1) is 19.2. The van der Waals surface area contributed by atoms with E-state index in [1.165, 1.54) is 6.07 Å². The number of likely N-dealkylation sites (tertiary alicyclic amines) is 1. The van der Waals surface area contributed by atoms with Crippen LogP contribution in [0.25, 0.3) is 11.3 Å². The normalized spacial score (nSPS) is 16.1. The third-order valence-electron chi connectivity index (χ3n) is 7.26. The number of rotatable bonds is 6. The summed E-state index contributed by atoms with van der Waals surface area (Å²) in [6.45, 7) is 3.53. The van der Waals surface area contributed by atoms with Gasteiger partial charge in [-0.2, -0.15) is 13.2 Å². The highest BCUT2D eigenvalue weighted by molar-refractivity contribution is 6.04. The van der Waals surface area contributed by atoms with Gasteiger partial charge in [-0.3, -0.25) is 9.78 Å². The van der Waals surface area contributed by atoms with Gasteiger partial charge in [0.25, 0.3) is 5.91 Å². The Kier molecular flexibility index (Phi) is 7.93. The van der Waals surface area contributed by atoms with Crippen molar-refractivity contribution in [2.75, 3.05) is 25.5 Å². The summed E-state index contributed by atoms with van der Waals surface area (Å²) in [5, 5.41) is 2.80. The summed E-state index contributed by atoms with van der Waals surface area (Å²) in [6, 6.07) is 14.7. The Morgan fingerprint density at radius 3 is 2.70 bits per heavy atom. The zero-order valence-electron chi connectivity index (χ0n) is 22.4. The molecule has 6 nitrogen and oxygen atoms in total. The molecule has 1 unspecified atom stereocenters. The predicted molar refractivity (Wildman–Crippen MR) is 148 cm³/mol. The average Bonchev–Trinajstić information content (AvgIpc) is 2.95. The maximum Gasteiger partial charge on any atom is 0.416 e. The SMILES string of the molecule is Cc1ccc(NC(=O)c2cc(C3CCCN(C)C3)cc(C(F)(F)F)c2)cc1Cc1nccc(-c2cccnc2)n1. The van der Waals surface area contributed by atoms with Crippen LogP contribution in [-0.2, 0) is 12.6 Å². The Balaban J connectivity index is 1.38. The van der Waals surface area contributed by atoms with Gasteiger partial charge in [0.15, 0.2) is 0 Å². The Morgan fingerprint density at radius 1 is 1.10 bits per heavy atom. The van der Waals surface area contributed by atoms with E-state index in [-0.39, 0.29) is 11.5 Å². The second-order valence-corrected chi connectivity index (χ2v) is 10.3. The highest BCUT2D eigenvalue weighted by atomic mass is 19.4. The molecule has 1 aliphatic rings. The second-order valence-electron chi connectivity index (χ2n) is 10.3. The number of hydrogen-bond acceptors (Lipinski definition) is 5. The van der Waals surface area contributed by atoms with E-state index in [1.807, 2.05) is 44.3 Å². The number of likely N-dealkylation sites (N-methyl/N-ethyl adjacent to an activating group) is 1. The molecular formula is C31H30F3N5O. The molecule has 0 radical (unpaired) electrons. The van der Waals surface area contributed by atoms with E-state index in [4.69, 9.17) is 0 Å². The molecule has 1 fully saturated rings. The van der Waals surface area contributed by atoms with Crippen LogP contribution in [0.15, 0.2) is 73.2 Å². The zero-order valence-corrected chi connectivity index (χ0v) is 22.4. The molecule has 9 heteroatoms. The molecule has 2 aromatic heterocycles. The fourth-order valence-corrected chi connectivity index (χ4v) is 5.09. The van der Waals surface area contributed by atoms with Gasteiger partial charge in [0.1, 0.15) is 5.82 Å². The number of hydrogen-bond donors (Lipinski definition) is 1. The Bertz CT molecular complexity index is 1510. The maximum atomic E-state index is 13.8. The number of anilines is 1. The standard InChI is InChI=1S/C31H30F3N5O/c1-20-7-8-27(16-23(20)17-29-36-11-9-28(38-29)21-5-3-10-35-18-21)37-30(40)25-13-24(14-26(15-25)31(32,33)34)22-6-4-12-39(2)19-22/h3,5,7-11,13-16,18,22H,4,6,12,17,19H2,1-2H3,(H,37,40). The first kappa shape index (κ1) is 27.5. The van der Waals surface area contributed by atoms with Gasteiger partial charge in [0.2, 0.25) is 0 Å². The van der Waals surface area contributed by atoms with E-state index in [0.717, 1.165) is 47.8 Å². The molecule has 1 atom stereocenters. The van der Waals surface area contributed by atoms with E-state index in [9.17, 15) is 18.0 Å². The fourth-order valence-electron chi connectivity index (χ4n) is 5.09. The fraction of sp³-hybridized carbons (Fsp3) is 0.290. The summed E-state index contributed by atoms with van der Waals surface area (Å²) >= 11 is 0. The number of aromatic nitrogens is 3. The number of benzene rings is 2. The number of halogens is 3. The van der Waals surface area contributed by atoms with Crippen LogP contribution in [-0.4, -0.2) is 45.9 Å². The lowest BCUT2D eigenvalue weighted by atomic mass is 9.88. The molecule has 206 valence electrons. The molecule has 3 heterocycles. The van der Waals surface area contributed by atoms with Gasteiger partial charge in [-0.05, 0) is 104 Å². The van der Waals surface area contributed by atoms with E-state index in [0.29, 0.717) is 30.0 Å². The number of amides is 1. The molecule has 40 heavy (non-hydrogen) atoms. The van der Waals surface area contributed by atoms with Gasteiger partial charge in [0, 0.05) is 48.4 Å². The van der Waals surface area contributed by atoms with Crippen molar-refractivity contribution < 1.29 is 18.0 Å². The third kappa shape index (κ3) is 6.54. The van der Waals surface area contributed by atoms with Crippen LogP contribution in [0.4, 0.5) is 18.9 Å². The largest absolute Gasteiger partial charge is 0.416 e. The topological polar surface area (TPSA) is 71.0 Å². The van der Waals surface area contributed by atoms with Crippen LogP contribution in [0.3, 0.4) is 0 Å². The molecule has 2 aromatic carbocycles. The van der Waals surface area contributed by atoms with Gasteiger partial charge in [0.05, 0.1) is 11.3 Å². The maximum absolute atomic E-state index is 13.8. The van der Waals surface area contributed by atoms with Crippen LogP contribution in [0.5, 0.6) is 0 Å². The van der Waals surface area contributed by atoms with Crippen molar-refractivity contribution in [1.82, 2.24) is 19.9 Å². The van der Waals surface area contributed by atoms with E-state index < -0.39 is 17.6 Å². The smallest absolute Gasteiger partial charge is 0.322 e. The number of aryl methyl sites for hydroxylation is 1. The summed E-state index contributed by atoms with van der Waals surface area (Å²) in [4.78, 5) is 28.5. The van der Waals surface area contributed by atoms with Crippen molar-refractivity contribution in [2.24, 2.45) is 0 Å². The molecule has 0 bridgehead atoms.